The zero-order valence-electron chi connectivity index (χ0n) is 19.6. The van der Waals surface area contributed by atoms with Crippen molar-refractivity contribution < 1.29 is 27.5 Å². The zero-order chi connectivity index (χ0) is 23.8. The summed E-state index contributed by atoms with van der Waals surface area (Å²) in [5.74, 6) is 0.823. The number of piperazine rings is 1. The number of nitrogens with zero attached hydrogens (tertiary/aromatic N) is 3. The van der Waals surface area contributed by atoms with Crippen molar-refractivity contribution in [3.05, 3.63) is 18.2 Å². The molecule has 33 heavy (non-hydrogen) atoms. The van der Waals surface area contributed by atoms with E-state index in [1.54, 1.807) is 15.9 Å². The molecule has 0 radical (unpaired) electrons. The van der Waals surface area contributed by atoms with Gasteiger partial charge >= 0.3 is 0 Å². The predicted molar refractivity (Wildman–Crippen MR) is 122 cm³/mol. The summed E-state index contributed by atoms with van der Waals surface area (Å²) in [5, 5.41) is 0. The van der Waals surface area contributed by atoms with Crippen LogP contribution in [0.1, 0.15) is 33.6 Å². The molecule has 1 aromatic carbocycles. The molecule has 1 aromatic rings. The topological polar surface area (TPSA) is 96.5 Å². The first kappa shape index (κ1) is 23.8. The molecule has 0 aliphatic carbocycles. The Kier molecular flexibility index (Phi) is 6.59. The molecule has 1 unspecified atom stereocenters. The van der Waals surface area contributed by atoms with Crippen LogP contribution in [0.2, 0.25) is 0 Å². The SMILES string of the molecule is CC(C)(C)C(=O)N1CCCC(C(=O)N2CCN(S(=O)(=O)c3ccc4c(c3)OCCO4)CC2)C1. The molecule has 0 spiro atoms. The number of carbonyl (C=O) groups is 2. The van der Waals surface area contributed by atoms with Gasteiger partial charge in [-0.2, -0.15) is 4.31 Å². The summed E-state index contributed by atoms with van der Waals surface area (Å²) in [6, 6.07) is 4.66. The Labute approximate surface area is 195 Å². The highest BCUT2D eigenvalue weighted by molar-refractivity contribution is 7.89. The van der Waals surface area contributed by atoms with E-state index in [2.05, 4.69) is 0 Å². The lowest BCUT2D eigenvalue weighted by Gasteiger charge is -2.40. The lowest BCUT2D eigenvalue weighted by atomic mass is 9.90. The van der Waals surface area contributed by atoms with Gasteiger partial charge in [0.25, 0.3) is 0 Å². The van der Waals surface area contributed by atoms with Gasteiger partial charge in [-0.3, -0.25) is 9.59 Å². The van der Waals surface area contributed by atoms with E-state index >= 15 is 0 Å². The molecular formula is C23H33N3O6S. The molecule has 4 rings (SSSR count). The van der Waals surface area contributed by atoms with E-state index in [4.69, 9.17) is 9.47 Å². The third-order valence-electron chi connectivity index (χ3n) is 6.40. The number of hydrogen-bond donors (Lipinski definition) is 0. The number of ether oxygens (including phenoxy) is 2. The number of benzene rings is 1. The van der Waals surface area contributed by atoms with E-state index in [1.807, 2.05) is 20.8 Å². The minimum atomic E-state index is -3.70. The van der Waals surface area contributed by atoms with Gasteiger partial charge in [0, 0.05) is 50.7 Å². The third-order valence-corrected chi connectivity index (χ3v) is 8.30. The minimum absolute atomic E-state index is 0.0118. The van der Waals surface area contributed by atoms with Gasteiger partial charge in [-0.1, -0.05) is 20.8 Å². The molecule has 0 bridgehead atoms. The summed E-state index contributed by atoms with van der Waals surface area (Å²) in [6.45, 7) is 8.77. The molecule has 0 aromatic heterocycles. The van der Waals surface area contributed by atoms with Crippen molar-refractivity contribution >= 4 is 21.8 Å². The second-order valence-corrected chi connectivity index (χ2v) is 11.8. The van der Waals surface area contributed by atoms with E-state index in [0.29, 0.717) is 50.9 Å². The molecule has 2 amide bonds. The standard InChI is InChI=1S/C23H33N3O6S/c1-23(2,3)22(28)25-8-4-5-17(16-25)21(27)24-9-11-26(12-10-24)33(29,30)18-6-7-19-20(15-18)32-14-13-31-19/h6-7,15,17H,4-5,8-14,16H2,1-3H3. The molecule has 9 nitrogen and oxygen atoms in total. The van der Waals surface area contributed by atoms with Crippen molar-refractivity contribution in [2.24, 2.45) is 11.3 Å². The van der Waals surface area contributed by atoms with Gasteiger partial charge in [-0.25, -0.2) is 8.42 Å². The van der Waals surface area contributed by atoms with Crippen LogP contribution in [0, 0.1) is 11.3 Å². The van der Waals surface area contributed by atoms with Crippen molar-refractivity contribution in [1.29, 1.82) is 0 Å². The summed E-state index contributed by atoms with van der Waals surface area (Å²) in [7, 11) is -3.70. The Morgan fingerprint density at radius 1 is 0.939 bits per heavy atom. The van der Waals surface area contributed by atoms with Crippen LogP contribution in [0.5, 0.6) is 11.5 Å². The highest BCUT2D eigenvalue weighted by atomic mass is 32.2. The van der Waals surface area contributed by atoms with Gasteiger partial charge in [0.2, 0.25) is 21.8 Å². The molecule has 0 saturated carbocycles. The van der Waals surface area contributed by atoms with E-state index in [0.717, 1.165) is 12.8 Å². The van der Waals surface area contributed by atoms with Gasteiger partial charge in [-0.15, -0.1) is 0 Å². The second kappa shape index (κ2) is 9.13. The van der Waals surface area contributed by atoms with Crippen LogP contribution in [-0.2, 0) is 19.6 Å². The fraction of sp³-hybridized carbons (Fsp3) is 0.652. The molecule has 2 fully saturated rings. The van der Waals surface area contributed by atoms with E-state index < -0.39 is 15.4 Å². The van der Waals surface area contributed by atoms with Crippen LogP contribution in [0.4, 0.5) is 0 Å². The second-order valence-electron chi connectivity index (χ2n) is 9.88. The maximum Gasteiger partial charge on any atom is 0.243 e. The van der Waals surface area contributed by atoms with E-state index in [-0.39, 0.29) is 35.7 Å². The summed E-state index contributed by atoms with van der Waals surface area (Å²) in [6.07, 6.45) is 1.55. The Morgan fingerprint density at radius 2 is 1.61 bits per heavy atom. The highest BCUT2D eigenvalue weighted by Gasteiger charge is 2.37. The monoisotopic (exact) mass is 479 g/mol. The van der Waals surface area contributed by atoms with Crippen molar-refractivity contribution in [3.63, 3.8) is 0 Å². The first-order valence-electron chi connectivity index (χ1n) is 11.6. The van der Waals surface area contributed by atoms with Crippen LogP contribution in [0.15, 0.2) is 23.1 Å². The number of piperidine rings is 1. The smallest absolute Gasteiger partial charge is 0.243 e. The number of likely N-dealkylation sites (tertiary alicyclic amines) is 1. The molecule has 3 aliphatic heterocycles. The Hall–Kier alpha value is -2.33. The van der Waals surface area contributed by atoms with Crippen molar-refractivity contribution in [2.75, 3.05) is 52.5 Å². The lowest BCUT2D eigenvalue weighted by Crippen LogP contribution is -2.54. The molecule has 10 heteroatoms. The van der Waals surface area contributed by atoms with Crippen LogP contribution < -0.4 is 9.47 Å². The summed E-state index contributed by atoms with van der Waals surface area (Å²) < 4.78 is 38.7. The number of hydrogen-bond acceptors (Lipinski definition) is 6. The van der Waals surface area contributed by atoms with Crippen molar-refractivity contribution in [3.8, 4) is 11.5 Å². The maximum absolute atomic E-state index is 13.1. The minimum Gasteiger partial charge on any atom is -0.486 e. The predicted octanol–water partition coefficient (Wildman–Crippen LogP) is 1.58. The van der Waals surface area contributed by atoms with Crippen LogP contribution in [-0.4, -0.2) is 86.8 Å². The fourth-order valence-electron chi connectivity index (χ4n) is 4.58. The molecule has 3 aliphatic rings. The molecule has 0 N–H and O–H groups in total. The molecular weight excluding hydrogens is 446 g/mol. The third kappa shape index (κ3) is 4.96. The zero-order valence-corrected chi connectivity index (χ0v) is 20.4. The quantitative estimate of drug-likeness (QED) is 0.653. The average molecular weight is 480 g/mol. The normalized spacial score (nSPS) is 22.2. The molecule has 3 heterocycles. The van der Waals surface area contributed by atoms with Crippen LogP contribution in [0.3, 0.4) is 0 Å². The van der Waals surface area contributed by atoms with Gasteiger partial charge in [0.05, 0.1) is 10.8 Å². The number of amides is 2. The fourth-order valence-corrected chi connectivity index (χ4v) is 6.02. The Balaban J connectivity index is 1.37. The number of carbonyl (C=O) groups excluding carboxylic acids is 2. The number of rotatable bonds is 3. The average Bonchev–Trinajstić information content (AvgIpc) is 2.82. The van der Waals surface area contributed by atoms with Gasteiger partial charge in [-0.05, 0) is 25.0 Å². The first-order valence-corrected chi connectivity index (χ1v) is 13.0. The van der Waals surface area contributed by atoms with Gasteiger partial charge in [0.1, 0.15) is 13.2 Å². The molecule has 182 valence electrons. The lowest BCUT2D eigenvalue weighted by molar-refractivity contribution is -0.145. The van der Waals surface area contributed by atoms with Crippen LogP contribution >= 0.6 is 0 Å². The van der Waals surface area contributed by atoms with Gasteiger partial charge in [0.15, 0.2) is 11.5 Å². The van der Waals surface area contributed by atoms with Crippen molar-refractivity contribution in [1.82, 2.24) is 14.1 Å². The Morgan fingerprint density at radius 3 is 2.27 bits per heavy atom. The van der Waals surface area contributed by atoms with Crippen molar-refractivity contribution in [2.45, 2.75) is 38.5 Å². The van der Waals surface area contributed by atoms with E-state index in [9.17, 15) is 18.0 Å². The van der Waals surface area contributed by atoms with E-state index in [1.165, 1.54) is 16.4 Å². The number of fused-ring (bicyclic) bond motifs is 1. The molecule has 2 saturated heterocycles. The summed E-state index contributed by atoms with van der Waals surface area (Å²) in [5.41, 5.74) is -0.473. The largest absolute Gasteiger partial charge is 0.486 e. The van der Waals surface area contributed by atoms with Gasteiger partial charge < -0.3 is 19.3 Å². The Bertz CT molecular complexity index is 1010. The summed E-state index contributed by atoms with van der Waals surface area (Å²) in [4.78, 5) is 29.5. The first-order chi connectivity index (χ1) is 15.6. The maximum atomic E-state index is 13.1. The molecule has 1 atom stereocenters. The van der Waals surface area contributed by atoms with Crippen LogP contribution in [0.25, 0.3) is 0 Å². The highest BCUT2D eigenvalue weighted by Crippen LogP contribution is 2.33. The summed E-state index contributed by atoms with van der Waals surface area (Å²) >= 11 is 0. The number of sulfonamides is 1.